The van der Waals surface area contributed by atoms with Gasteiger partial charge >= 0.3 is 0 Å². The molecule has 0 radical (unpaired) electrons. The van der Waals surface area contributed by atoms with E-state index < -0.39 is 0 Å². The fourth-order valence-corrected chi connectivity index (χ4v) is 6.01. The Morgan fingerprint density at radius 1 is 0.210 bits per heavy atom. The second-order valence-corrected chi connectivity index (χ2v) is 17.5. The summed E-state index contributed by atoms with van der Waals surface area (Å²) in [6, 6.07) is 47.7. The molecule has 0 saturated heterocycles. The number of aryl methyl sites for hydroxylation is 9. The summed E-state index contributed by atoms with van der Waals surface area (Å²) in [5.41, 5.74) is 15.1. The number of hydrogen-bond donors (Lipinski definition) is 0. The zero-order valence-electron chi connectivity index (χ0n) is 47.6. The molecule has 0 atom stereocenters. The Bertz CT molecular complexity index is 2900. The minimum atomic E-state index is 0.822. The van der Waals surface area contributed by atoms with Crippen LogP contribution in [0.4, 0.5) is 0 Å². The van der Waals surface area contributed by atoms with E-state index in [-0.39, 0.29) is 0 Å². The van der Waals surface area contributed by atoms with E-state index in [9.17, 15) is 0 Å². The van der Waals surface area contributed by atoms with Crippen LogP contribution in [0.3, 0.4) is 0 Å². The summed E-state index contributed by atoms with van der Waals surface area (Å²) in [6.07, 6.45) is 33.5. The van der Waals surface area contributed by atoms with E-state index in [2.05, 4.69) is 101 Å². The fourth-order valence-electron chi connectivity index (χ4n) is 6.01. The quantitative estimate of drug-likeness (QED) is 0.163. The van der Waals surface area contributed by atoms with Gasteiger partial charge in [0.25, 0.3) is 0 Å². The summed E-state index contributed by atoms with van der Waals surface area (Å²) in [5.74, 6) is 0.822. The summed E-state index contributed by atoms with van der Waals surface area (Å²) in [4.78, 5) is 56.0. The van der Waals surface area contributed by atoms with Crippen molar-refractivity contribution in [2.24, 2.45) is 0 Å². The van der Waals surface area contributed by atoms with Gasteiger partial charge in [0.15, 0.2) is 0 Å². The lowest BCUT2D eigenvalue weighted by atomic mass is 10.1. The van der Waals surface area contributed by atoms with Gasteiger partial charge in [-0.2, -0.15) is 0 Å². The predicted molar refractivity (Wildman–Crippen MR) is 326 cm³/mol. The molecular formula is C67H70N14. The van der Waals surface area contributed by atoms with Crippen molar-refractivity contribution in [1.29, 1.82) is 0 Å². The average molecular weight is 1070 g/mol. The standard InChI is InChI=1S/3C11H10N2.C7H8.2C6H7N.3C5H6N2/c1-9-4-5-11(8-13-9)10-3-2-6-12-7-10;1-9-4-5-11(13-7-9)10-3-2-6-12-8-10;1-9-5-6-11(13-8-9)10-4-2-3-7-12-10;1-7-5-3-2-4-6-7;1-6-3-2-4-7-5-6;1-6-4-2-3-5-7-6;1-5-2-6-4-7-3-5;1-5-4-6-2-3-7-5;1-5-6-3-2-4-7-5/h3*2-8H,1H3;2-6H,1H3;2*2-5H,1H3;3*2-4H,1H3. The zero-order chi connectivity index (χ0) is 58.0. The maximum atomic E-state index is 4.31. The van der Waals surface area contributed by atoms with Gasteiger partial charge in [0, 0.05) is 140 Å². The van der Waals surface area contributed by atoms with Crippen LogP contribution in [0.15, 0.2) is 263 Å². The van der Waals surface area contributed by atoms with Crippen molar-refractivity contribution in [3.8, 4) is 33.8 Å². The minimum absolute atomic E-state index is 0.822. The second kappa shape index (κ2) is 39.1. The first-order valence-corrected chi connectivity index (χ1v) is 25.9. The third-order valence-corrected chi connectivity index (χ3v) is 10.3. The maximum absolute atomic E-state index is 4.31. The lowest BCUT2D eigenvalue weighted by molar-refractivity contribution is 1.05. The molecule has 12 rings (SSSR count). The summed E-state index contributed by atoms with van der Waals surface area (Å²) < 4.78 is 0. The van der Waals surface area contributed by atoms with Crippen molar-refractivity contribution < 1.29 is 0 Å². The lowest BCUT2D eigenvalue weighted by Crippen LogP contribution is -1.85. The van der Waals surface area contributed by atoms with Gasteiger partial charge in [-0.25, -0.2) is 19.9 Å². The van der Waals surface area contributed by atoms with E-state index >= 15 is 0 Å². The first-order chi connectivity index (χ1) is 39.4. The summed E-state index contributed by atoms with van der Waals surface area (Å²) in [6.45, 7) is 17.8. The molecule has 14 nitrogen and oxygen atoms in total. The van der Waals surface area contributed by atoms with Crippen molar-refractivity contribution in [3.05, 3.63) is 314 Å². The molecule has 14 heteroatoms. The van der Waals surface area contributed by atoms with Crippen LogP contribution >= 0.6 is 0 Å². The molecule has 0 aliphatic carbocycles. The molecule has 0 bridgehead atoms. The van der Waals surface area contributed by atoms with E-state index in [1.807, 2.05) is 208 Å². The Morgan fingerprint density at radius 2 is 0.704 bits per heavy atom. The third kappa shape index (κ3) is 29.7. The van der Waals surface area contributed by atoms with Crippen molar-refractivity contribution in [3.63, 3.8) is 0 Å². The van der Waals surface area contributed by atoms with Crippen LogP contribution in [0.25, 0.3) is 33.8 Å². The smallest absolute Gasteiger partial charge is 0.125 e. The molecule has 408 valence electrons. The van der Waals surface area contributed by atoms with Crippen molar-refractivity contribution >= 4 is 0 Å². The number of aromatic nitrogens is 14. The van der Waals surface area contributed by atoms with Crippen LogP contribution in [-0.4, -0.2) is 69.8 Å². The van der Waals surface area contributed by atoms with Gasteiger partial charge in [-0.1, -0.05) is 78.4 Å². The largest absolute Gasteiger partial charge is 0.264 e. The molecule has 0 N–H and O–H groups in total. The number of pyridine rings is 8. The van der Waals surface area contributed by atoms with Crippen LogP contribution in [0.1, 0.15) is 50.7 Å². The Kier molecular flexibility index (Phi) is 30.5. The highest BCUT2D eigenvalue weighted by atomic mass is 14.8. The molecule has 11 heterocycles. The summed E-state index contributed by atoms with van der Waals surface area (Å²) in [5, 5.41) is 0. The molecule has 0 unspecified atom stereocenters. The molecule has 0 fully saturated rings. The van der Waals surface area contributed by atoms with Crippen molar-refractivity contribution in [2.75, 3.05) is 0 Å². The topological polar surface area (TPSA) is 180 Å². The van der Waals surface area contributed by atoms with Crippen molar-refractivity contribution in [1.82, 2.24) is 69.8 Å². The highest BCUT2D eigenvalue weighted by Crippen LogP contribution is 2.17. The molecule has 11 aromatic heterocycles. The molecule has 0 amide bonds. The second-order valence-electron chi connectivity index (χ2n) is 17.5. The molecule has 1 aromatic carbocycles. The van der Waals surface area contributed by atoms with Gasteiger partial charge in [-0.15, -0.1) is 0 Å². The molecule has 12 aromatic rings. The van der Waals surface area contributed by atoms with Crippen LogP contribution in [0, 0.1) is 62.3 Å². The first-order valence-electron chi connectivity index (χ1n) is 25.9. The van der Waals surface area contributed by atoms with Gasteiger partial charge in [0.1, 0.15) is 12.2 Å². The fraction of sp³-hybridized carbons (Fsp3) is 0.134. The lowest BCUT2D eigenvalue weighted by Gasteiger charge is -1.99. The van der Waals surface area contributed by atoms with Gasteiger partial charge in [0.2, 0.25) is 0 Å². The number of rotatable bonds is 3. The Hall–Kier alpha value is -10.3. The van der Waals surface area contributed by atoms with Crippen LogP contribution in [0.5, 0.6) is 0 Å². The van der Waals surface area contributed by atoms with Gasteiger partial charge in [-0.3, -0.25) is 49.8 Å². The maximum Gasteiger partial charge on any atom is 0.125 e. The van der Waals surface area contributed by atoms with E-state index in [0.29, 0.717) is 0 Å². The summed E-state index contributed by atoms with van der Waals surface area (Å²) >= 11 is 0. The van der Waals surface area contributed by atoms with Gasteiger partial charge in [0.05, 0.1) is 22.8 Å². The van der Waals surface area contributed by atoms with E-state index in [1.54, 1.807) is 80.4 Å². The zero-order valence-corrected chi connectivity index (χ0v) is 47.6. The van der Waals surface area contributed by atoms with Crippen LogP contribution in [-0.2, 0) is 0 Å². The number of benzene rings is 1. The Balaban J connectivity index is 0.000000199. The first kappa shape index (κ1) is 63.2. The number of nitrogens with zero attached hydrogens (tertiary/aromatic N) is 14. The molecule has 0 aliphatic heterocycles. The van der Waals surface area contributed by atoms with Gasteiger partial charge < -0.3 is 0 Å². The van der Waals surface area contributed by atoms with E-state index in [0.717, 1.165) is 62.2 Å². The molecule has 0 saturated carbocycles. The normalized spacial score (nSPS) is 9.30. The predicted octanol–water partition coefficient (Wildman–Crippen LogP) is 14.5. The van der Waals surface area contributed by atoms with Crippen LogP contribution < -0.4 is 0 Å². The highest BCUT2D eigenvalue weighted by molar-refractivity contribution is 5.61. The Morgan fingerprint density at radius 3 is 1.07 bits per heavy atom. The summed E-state index contributed by atoms with van der Waals surface area (Å²) in [7, 11) is 0. The SMILES string of the molecule is Cc1ccc(-c2ccccn2)nc1.Cc1ccc(-c2cccnc2)cn1.Cc1ccc(-c2cccnc2)nc1.Cc1ccccc1.Cc1ccccn1.Cc1cccnc1.Cc1cnccn1.Cc1cncnc1.Cc1ncccn1. The molecular weight excluding hydrogens is 1000 g/mol. The minimum Gasteiger partial charge on any atom is -0.264 e. The Labute approximate surface area is 477 Å². The monoisotopic (exact) mass is 1070 g/mol. The molecule has 0 aliphatic rings. The van der Waals surface area contributed by atoms with Crippen molar-refractivity contribution in [2.45, 2.75) is 62.3 Å². The molecule has 0 spiro atoms. The molecule has 81 heavy (non-hydrogen) atoms. The van der Waals surface area contributed by atoms with E-state index in [1.165, 1.54) is 28.6 Å². The van der Waals surface area contributed by atoms with E-state index in [4.69, 9.17) is 0 Å². The number of hydrogen-bond acceptors (Lipinski definition) is 14. The third-order valence-electron chi connectivity index (χ3n) is 10.3. The van der Waals surface area contributed by atoms with Gasteiger partial charge in [-0.05, 0) is 157 Å². The average Bonchev–Trinajstić information content (AvgIpc) is 3.52. The van der Waals surface area contributed by atoms with Crippen LogP contribution in [0.2, 0.25) is 0 Å². The highest BCUT2D eigenvalue weighted by Gasteiger charge is 1.99.